The summed E-state index contributed by atoms with van der Waals surface area (Å²) in [5.41, 5.74) is 1.60. The Morgan fingerprint density at radius 3 is 2.62 bits per heavy atom. The fraction of sp³-hybridized carbons (Fsp3) is 0.296. The molecule has 3 aromatic carbocycles. The molecule has 0 aliphatic carbocycles. The summed E-state index contributed by atoms with van der Waals surface area (Å²) in [5.74, 6) is -2.04. The summed E-state index contributed by atoms with van der Waals surface area (Å²) >= 11 is 6.37. The Labute approximate surface area is 201 Å². The van der Waals surface area contributed by atoms with Crippen molar-refractivity contribution in [2.24, 2.45) is 11.8 Å². The summed E-state index contributed by atoms with van der Waals surface area (Å²) in [5, 5.41) is 5.60. The van der Waals surface area contributed by atoms with Crippen LogP contribution in [0.5, 0.6) is 0 Å². The molecule has 0 bridgehead atoms. The molecule has 0 unspecified atom stereocenters. The van der Waals surface area contributed by atoms with Crippen LogP contribution in [0.4, 0.5) is 11.4 Å². The van der Waals surface area contributed by atoms with Gasteiger partial charge < -0.3 is 5.32 Å². The summed E-state index contributed by atoms with van der Waals surface area (Å²) in [6, 6.07) is 17.0. The second kappa shape index (κ2) is 6.68. The molecule has 1 spiro atoms. The lowest BCUT2D eigenvalue weighted by Gasteiger charge is -2.36. The molecule has 4 atom stereocenters. The van der Waals surface area contributed by atoms with Crippen molar-refractivity contribution in [1.29, 1.82) is 0 Å². The molecule has 0 aromatic heterocycles. The van der Waals surface area contributed by atoms with Gasteiger partial charge in [0.15, 0.2) is 0 Å². The van der Waals surface area contributed by atoms with Crippen molar-refractivity contribution in [2.45, 2.75) is 31.3 Å². The van der Waals surface area contributed by atoms with Crippen LogP contribution in [-0.4, -0.2) is 35.2 Å². The van der Waals surface area contributed by atoms with Gasteiger partial charge in [0.25, 0.3) is 0 Å². The summed E-state index contributed by atoms with van der Waals surface area (Å²) < 4.78 is 0. The van der Waals surface area contributed by atoms with Crippen molar-refractivity contribution in [3.05, 3.63) is 70.7 Å². The SMILES string of the molecule is Cc1c(Cl)ccc2c1NC(=O)[C@@]21[C@@H]2C(=O)N(c3ccc4ccccc4c3)C(=O)[C@@H]2[C@H]2CCCN21. The number of imide groups is 1. The van der Waals surface area contributed by atoms with Crippen LogP contribution in [-0.2, 0) is 19.9 Å². The van der Waals surface area contributed by atoms with E-state index >= 15 is 0 Å². The van der Waals surface area contributed by atoms with Gasteiger partial charge in [0.2, 0.25) is 17.7 Å². The minimum Gasteiger partial charge on any atom is -0.324 e. The maximum atomic E-state index is 14.1. The predicted molar refractivity (Wildman–Crippen MR) is 130 cm³/mol. The Morgan fingerprint density at radius 2 is 1.79 bits per heavy atom. The average molecular weight is 472 g/mol. The molecule has 6 nitrogen and oxygen atoms in total. The topological polar surface area (TPSA) is 69.7 Å². The monoisotopic (exact) mass is 471 g/mol. The Morgan fingerprint density at radius 1 is 1.00 bits per heavy atom. The van der Waals surface area contributed by atoms with Crippen LogP contribution in [0, 0.1) is 18.8 Å². The highest BCUT2D eigenvalue weighted by molar-refractivity contribution is 6.32. The number of nitrogens with one attached hydrogen (secondary N) is 1. The number of hydrogen-bond donors (Lipinski definition) is 1. The molecule has 4 aliphatic rings. The van der Waals surface area contributed by atoms with Gasteiger partial charge in [-0.2, -0.15) is 0 Å². The molecule has 3 aromatic rings. The zero-order valence-corrected chi connectivity index (χ0v) is 19.3. The molecule has 4 heterocycles. The summed E-state index contributed by atoms with van der Waals surface area (Å²) in [4.78, 5) is 45.2. The summed E-state index contributed by atoms with van der Waals surface area (Å²) in [6.45, 7) is 2.56. The Bertz CT molecular complexity index is 1450. The zero-order chi connectivity index (χ0) is 23.4. The fourth-order valence-electron chi connectivity index (χ4n) is 6.96. The highest BCUT2D eigenvalue weighted by Crippen LogP contribution is 2.61. The van der Waals surface area contributed by atoms with Crippen molar-refractivity contribution < 1.29 is 14.4 Å². The van der Waals surface area contributed by atoms with Crippen molar-refractivity contribution in [3.63, 3.8) is 0 Å². The van der Waals surface area contributed by atoms with Crippen molar-refractivity contribution >= 4 is 51.5 Å². The van der Waals surface area contributed by atoms with E-state index in [9.17, 15) is 14.4 Å². The lowest BCUT2D eigenvalue weighted by atomic mass is 9.75. The number of carbonyl (C=O) groups excluding carboxylic acids is 3. The van der Waals surface area contributed by atoms with Gasteiger partial charge in [0, 0.05) is 16.6 Å². The number of rotatable bonds is 1. The Kier molecular flexibility index (Phi) is 3.96. The van der Waals surface area contributed by atoms with Gasteiger partial charge in [-0.25, -0.2) is 4.90 Å². The van der Waals surface area contributed by atoms with Gasteiger partial charge in [-0.05, 0) is 60.8 Å². The molecule has 0 saturated carbocycles. The summed E-state index contributed by atoms with van der Waals surface area (Å²) in [7, 11) is 0. The first kappa shape index (κ1) is 20.2. The molecule has 3 amide bonds. The molecule has 0 radical (unpaired) electrons. The van der Waals surface area contributed by atoms with Crippen LogP contribution >= 0.6 is 11.6 Å². The maximum Gasteiger partial charge on any atom is 0.250 e. The number of hydrogen-bond acceptors (Lipinski definition) is 4. The highest BCUT2D eigenvalue weighted by atomic mass is 35.5. The van der Waals surface area contributed by atoms with Gasteiger partial charge in [-0.15, -0.1) is 0 Å². The number of carbonyl (C=O) groups is 3. The van der Waals surface area contributed by atoms with E-state index in [2.05, 4.69) is 10.2 Å². The lowest BCUT2D eigenvalue weighted by Crippen LogP contribution is -2.54. The highest BCUT2D eigenvalue weighted by Gasteiger charge is 2.74. The van der Waals surface area contributed by atoms with Gasteiger partial charge in [-0.1, -0.05) is 48.0 Å². The van der Waals surface area contributed by atoms with Crippen LogP contribution in [0.1, 0.15) is 24.0 Å². The maximum absolute atomic E-state index is 14.1. The number of amides is 3. The first-order valence-electron chi connectivity index (χ1n) is 11.7. The van der Waals surface area contributed by atoms with E-state index in [1.807, 2.05) is 55.5 Å². The molecule has 7 heteroatoms. The number of fused-ring (bicyclic) bond motifs is 8. The predicted octanol–water partition coefficient (Wildman–Crippen LogP) is 4.23. The van der Waals surface area contributed by atoms with E-state index in [1.165, 1.54) is 4.90 Å². The lowest BCUT2D eigenvalue weighted by molar-refractivity contribution is -0.135. The first-order valence-corrected chi connectivity index (χ1v) is 12.1. The van der Waals surface area contributed by atoms with Crippen LogP contribution in [0.2, 0.25) is 5.02 Å². The molecule has 3 fully saturated rings. The van der Waals surface area contributed by atoms with Crippen LogP contribution in [0.15, 0.2) is 54.6 Å². The van der Waals surface area contributed by atoms with Gasteiger partial charge in [0.05, 0.1) is 23.2 Å². The normalized spacial score (nSPS) is 29.8. The number of halogens is 1. The van der Waals surface area contributed by atoms with E-state index in [4.69, 9.17) is 11.6 Å². The largest absolute Gasteiger partial charge is 0.324 e. The van der Waals surface area contributed by atoms with E-state index in [1.54, 1.807) is 6.07 Å². The Hall–Kier alpha value is -3.22. The zero-order valence-electron chi connectivity index (χ0n) is 18.5. The average Bonchev–Trinajstić information content (AvgIpc) is 3.55. The van der Waals surface area contributed by atoms with Crippen LogP contribution in [0.3, 0.4) is 0 Å². The molecule has 170 valence electrons. The molecular formula is C27H22ClN3O3. The quantitative estimate of drug-likeness (QED) is 0.539. The van der Waals surface area contributed by atoms with Crippen molar-refractivity contribution in [2.75, 3.05) is 16.8 Å². The third kappa shape index (κ3) is 2.23. The van der Waals surface area contributed by atoms with Gasteiger partial charge in [0.1, 0.15) is 5.54 Å². The van der Waals surface area contributed by atoms with Gasteiger partial charge >= 0.3 is 0 Å². The standard InChI is InChI=1S/C27H22ClN3O3/c1-14-19(28)11-10-18-23(14)29-26(34)27(18)22-21(20-7-4-12-30(20)27)24(32)31(25(22)33)17-9-8-15-5-2-3-6-16(15)13-17/h2-3,5-6,8-11,13,20-22H,4,7,12H2,1H3,(H,29,34)/t20-,21-,22+,27+/m1/s1. The van der Waals surface area contributed by atoms with Crippen LogP contribution in [0.25, 0.3) is 10.8 Å². The van der Waals surface area contributed by atoms with E-state index < -0.39 is 17.4 Å². The number of benzene rings is 3. The van der Waals surface area contributed by atoms with Crippen molar-refractivity contribution in [3.8, 4) is 0 Å². The third-order valence-electron chi connectivity index (χ3n) is 8.35. The smallest absolute Gasteiger partial charge is 0.250 e. The minimum atomic E-state index is -1.19. The fourth-order valence-corrected chi connectivity index (χ4v) is 7.12. The van der Waals surface area contributed by atoms with E-state index in [-0.39, 0.29) is 23.8 Å². The molecule has 3 saturated heterocycles. The molecule has 4 aliphatic heterocycles. The molecular weight excluding hydrogens is 450 g/mol. The molecule has 34 heavy (non-hydrogen) atoms. The Balaban J connectivity index is 1.42. The third-order valence-corrected chi connectivity index (χ3v) is 8.76. The number of anilines is 2. The van der Waals surface area contributed by atoms with Crippen molar-refractivity contribution in [1.82, 2.24) is 4.90 Å². The molecule has 7 rings (SSSR count). The summed E-state index contributed by atoms with van der Waals surface area (Å²) in [6.07, 6.45) is 1.69. The minimum absolute atomic E-state index is 0.139. The first-order chi connectivity index (χ1) is 16.4. The van der Waals surface area contributed by atoms with E-state index in [0.717, 1.165) is 34.7 Å². The molecule has 1 N–H and O–H groups in total. The van der Waals surface area contributed by atoms with E-state index in [0.29, 0.717) is 22.9 Å². The van der Waals surface area contributed by atoms with Crippen LogP contribution < -0.4 is 10.2 Å². The second-order valence-electron chi connectivity index (χ2n) is 9.77. The second-order valence-corrected chi connectivity index (χ2v) is 10.2. The van der Waals surface area contributed by atoms with Gasteiger partial charge in [-0.3, -0.25) is 19.3 Å². The number of nitrogens with zero attached hydrogens (tertiary/aromatic N) is 2.